The van der Waals surface area contributed by atoms with Crippen LogP contribution in [0.3, 0.4) is 0 Å². The minimum atomic E-state index is -3.48. The molecule has 0 aliphatic heterocycles. The maximum atomic E-state index is 12.5. The van der Waals surface area contributed by atoms with Crippen LogP contribution in [0.1, 0.15) is 50.6 Å². The van der Waals surface area contributed by atoms with Gasteiger partial charge in [-0.15, -0.1) is 0 Å². The van der Waals surface area contributed by atoms with Gasteiger partial charge in [-0.3, -0.25) is 4.79 Å². The molecule has 1 aromatic carbocycles. The third-order valence-corrected chi connectivity index (χ3v) is 6.15. The Balaban J connectivity index is 1.92. The molecule has 0 amide bonds. The summed E-state index contributed by atoms with van der Waals surface area (Å²) in [6, 6.07) is 6.57. The van der Waals surface area contributed by atoms with E-state index in [1.54, 1.807) is 52.0 Å². The number of benzene rings is 1. The quantitative estimate of drug-likeness (QED) is 0.601. The summed E-state index contributed by atoms with van der Waals surface area (Å²) >= 11 is 0. The highest BCUT2D eigenvalue weighted by atomic mass is 32.2. The smallest absolute Gasteiger partial charge is 0.306 e. The molecular formula is C18H25N3O5S. The van der Waals surface area contributed by atoms with E-state index in [0.717, 1.165) is 5.56 Å². The molecule has 1 aromatic heterocycles. The van der Waals surface area contributed by atoms with E-state index >= 15 is 0 Å². The second kappa shape index (κ2) is 9.09. The van der Waals surface area contributed by atoms with Crippen LogP contribution < -0.4 is 0 Å². The minimum Gasteiger partial charge on any atom is -0.453 e. The highest BCUT2D eigenvalue weighted by molar-refractivity contribution is 7.89. The monoisotopic (exact) mass is 395 g/mol. The van der Waals surface area contributed by atoms with E-state index in [2.05, 4.69) is 10.1 Å². The standard InChI is InChI=1S/C18H25N3O5S/c1-5-21(6-2)27(23,24)16-10-7-15(8-11-16)9-12-17(22)25-13(3)18-19-14(4)20-26-18/h7-8,10-11,13H,5-6,9,12H2,1-4H3. The van der Waals surface area contributed by atoms with Gasteiger partial charge in [0.1, 0.15) is 0 Å². The fourth-order valence-corrected chi connectivity index (χ4v) is 4.03. The Morgan fingerprint density at radius 2 is 1.85 bits per heavy atom. The molecule has 2 rings (SSSR count). The van der Waals surface area contributed by atoms with Crippen molar-refractivity contribution < 1.29 is 22.5 Å². The number of sulfonamides is 1. The summed E-state index contributed by atoms with van der Waals surface area (Å²) in [7, 11) is -3.48. The molecule has 9 heteroatoms. The van der Waals surface area contributed by atoms with Crippen molar-refractivity contribution in [1.82, 2.24) is 14.4 Å². The van der Waals surface area contributed by atoms with E-state index in [0.29, 0.717) is 25.3 Å². The molecule has 1 heterocycles. The van der Waals surface area contributed by atoms with Gasteiger partial charge in [-0.25, -0.2) is 8.42 Å². The van der Waals surface area contributed by atoms with E-state index in [1.807, 2.05) is 0 Å². The highest BCUT2D eigenvalue weighted by Crippen LogP contribution is 2.18. The molecule has 0 aliphatic rings. The molecule has 0 N–H and O–H groups in total. The number of rotatable bonds is 9. The van der Waals surface area contributed by atoms with Gasteiger partial charge in [0.15, 0.2) is 11.9 Å². The number of carbonyl (C=O) groups is 1. The van der Waals surface area contributed by atoms with Crippen molar-refractivity contribution in [1.29, 1.82) is 0 Å². The van der Waals surface area contributed by atoms with Crippen molar-refractivity contribution >= 4 is 16.0 Å². The van der Waals surface area contributed by atoms with Crippen LogP contribution in [-0.2, 0) is 26.0 Å². The van der Waals surface area contributed by atoms with Gasteiger partial charge >= 0.3 is 5.97 Å². The van der Waals surface area contributed by atoms with Crippen LogP contribution in [0.2, 0.25) is 0 Å². The Hall–Kier alpha value is -2.26. The van der Waals surface area contributed by atoms with Crippen molar-refractivity contribution in [2.45, 2.75) is 51.5 Å². The summed E-state index contributed by atoms with van der Waals surface area (Å²) in [6.07, 6.45) is -0.000116. The van der Waals surface area contributed by atoms with Crippen molar-refractivity contribution in [2.24, 2.45) is 0 Å². The zero-order valence-corrected chi connectivity index (χ0v) is 16.8. The number of aromatic nitrogens is 2. The molecule has 0 saturated carbocycles. The normalized spacial score (nSPS) is 12.9. The third-order valence-electron chi connectivity index (χ3n) is 4.08. The molecule has 148 valence electrons. The number of nitrogens with zero attached hydrogens (tertiary/aromatic N) is 3. The Bertz CT molecular complexity index is 857. The largest absolute Gasteiger partial charge is 0.453 e. The third kappa shape index (κ3) is 5.36. The summed E-state index contributed by atoms with van der Waals surface area (Å²) in [6.45, 7) is 7.80. The van der Waals surface area contributed by atoms with E-state index in [4.69, 9.17) is 9.26 Å². The minimum absolute atomic E-state index is 0.166. The fourth-order valence-electron chi connectivity index (χ4n) is 2.57. The molecule has 2 aromatic rings. The first kappa shape index (κ1) is 21.0. The van der Waals surface area contributed by atoms with Gasteiger partial charge in [-0.1, -0.05) is 31.1 Å². The molecule has 0 bridgehead atoms. The van der Waals surface area contributed by atoms with Gasteiger partial charge in [0, 0.05) is 19.5 Å². The summed E-state index contributed by atoms with van der Waals surface area (Å²) in [5, 5.41) is 3.66. The topological polar surface area (TPSA) is 103 Å². The number of hydrogen-bond acceptors (Lipinski definition) is 7. The van der Waals surface area contributed by atoms with Crippen LogP contribution in [0.4, 0.5) is 0 Å². The first-order valence-electron chi connectivity index (χ1n) is 8.86. The lowest BCUT2D eigenvalue weighted by Crippen LogP contribution is -2.30. The van der Waals surface area contributed by atoms with E-state index in [9.17, 15) is 13.2 Å². The molecule has 1 atom stereocenters. The van der Waals surface area contributed by atoms with E-state index in [1.165, 1.54) is 4.31 Å². The van der Waals surface area contributed by atoms with Gasteiger partial charge in [0.25, 0.3) is 5.89 Å². The van der Waals surface area contributed by atoms with Gasteiger partial charge in [0.2, 0.25) is 10.0 Å². The molecule has 1 unspecified atom stereocenters. The lowest BCUT2D eigenvalue weighted by molar-refractivity contribution is -0.149. The average Bonchev–Trinajstić information content (AvgIpc) is 3.08. The summed E-state index contributed by atoms with van der Waals surface area (Å²) in [4.78, 5) is 16.3. The zero-order chi connectivity index (χ0) is 20.0. The Labute approximate surface area is 159 Å². The first-order valence-corrected chi connectivity index (χ1v) is 10.3. The van der Waals surface area contributed by atoms with Gasteiger partial charge in [0.05, 0.1) is 4.90 Å². The van der Waals surface area contributed by atoms with Crippen molar-refractivity contribution in [2.75, 3.05) is 13.1 Å². The van der Waals surface area contributed by atoms with Crippen LogP contribution in [0.25, 0.3) is 0 Å². The van der Waals surface area contributed by atoms with E-state index in [-0.39, 0.29) is 17.2 Å². The molecule has 0 fully saturated rings. The highest BCUT2D eigenvalue weighted by Gasteiger charge is 2.21. The number of hydrogen-bond donors (Lipinski definition) is 0. The molecule has 0 radical (unpaired) electrons. The Kier molecular flexibility index (Phi) is 7.09. The molecule has 8 nitrogen and oxygen atoms in total. The number of esters is 1. The second-order valence-electron chi connectivity index (χ2n) is 6.05. The fraction of sp³-hybridized carbons (Fsp3) is 0.500. The van der Waals surface area contributed by atoms with Crippen molar-refractivity contribution in [3.63, 3.8) is 0 Å². The number of carbonyl (C=O) groups excluding carboxylic acids is 1. The van der Waals surface area contributed by atoms with Crippen LogP contribution in [-0.4, -0.2) is 41.9 Å². The number of aryl methyl sites for hydroxylation is 2. The molecule has 27 heavy (non-hydrogen) atoms. The molecule has 0 spiro atoms. The summed E-state index contributed by atoms with van der Waals surface area (Å²) in [5.74, 6) is 0.345. The number of ether oxygens (including phenoxy) is 1. The SMILES string of the molecule is CCN(CC)S(=O)(=O)c1ccc(CCC(=O)OC(C)c2nc(C)no2)cc1. The van der Waals surface area contributed by atoms with Gasteiger partial charge in [-0.05, 0) is 38.0 Å². The van der Waals surface area contributed by atoms with Crippen LogP contribution in [0.5, 0.6) is 0 Å². The molecule has 0 aliphatic carbocycles. The molecular weight excluding hydrogens is 370 g/mol. The summed E-state index contributed by atoms with van der Waals surface area (Å²) < 4.78 is 36.6. The lowest BCUT2D eigenvalue weighted by Gasteiger charge is -2.18. The van der Waals surface area contributed by atoms with Gasteiger partial charge < -0.3 is 9.26 Å². The zero-order valence-electron chi connectivity index (χ0n) is 16.0. The Morgan fingerprint density at radius 1 is 1.22 bits per heavy atom. The predicted octanol–water partition coefficient (Wildman–Crippen LogP) is 2.65. The van der Waals surface area contributed by atoms with Crippen LogP contribution in [0, 0.1) is 6.92 Å². The first-order chi connectivity index (χ1) is 12.8. The average molecular weight is 395 g/mol. The lowest BCUT2D eigenvalue weighted by atomic mass is 10.1. The van der Waals surface area contributed by atoms with Crippen molar-refractivity contribution in [3.8, 4) is 0 Å². The van der Waals surface area contributed by atoms with Crippen molar-refractivity contribution in [3.05, 3.63) is 41.5 Å². The van der Waals surface area contributed by atoms with Crippen LogP contribution >= 0.6 is 0 Å². The van der Waals surface area contributed by atoms with E-state index < -0.39 is 22.1 Å². The maximum absolute atomic E-state index is 12.5. The Morgan fingerprint density at radius 3 is 2.37 bits per heavy atom. The maximum Gasteiger partial charge on any atom is 0.306 e. The van der Waals surface area contributed by atoms with Gasteiger partial charge in [-0.2, -0.15) is 9.29 Å². The summed E-state index contributed by atoms with van der Waals surface area (Å²) in [5.41, 5.74) is 0.853. The molecule has 0 saturated heterocycles. The predicted molar refractivity (Wildman–Crippen MR) is 98.4 cm³/mol. The second-order valence-corrected chi connectivity index (χ2v) is 7.98. The van der Waals surface area contributed by atoms with Crippen LogP contribution in [0.15, 0.2) is 33.7 Å².